The number of likely N-dealkylation sites (tertiary alicyclic amines) is 2. The third kappa shape index (κ3) is 7.98. The summed E-state index contributed by atoms with van der Waals surface area (Å²) in [4.78, 5) is 9.68. The zero-order valence-electron chi connectivity index (χ0n) is 18.6. The van der Waals surface area contributed by atoms with Gasteiger partial charge in [0.2, 0.25) is 0 Å². The Kier molecular flexibility index (Phi) is 11.4. The van der Waals surface area contributed by atoms with Crippen molar-refractivity contribution in [2.45, 2.75) is 52.3 Å². The first-order valence-corrected chi connectivity index (χ1v) is 11.3. The first-order valence-electron chi connectivity index (χ1n) is 11.3. The second-order valence-electron chi connectivity index (χ2n) is 8.25. The van der Waals surface area contributed by atoms with E-state index in [0.29, 0.717) is 12.5 Å². The molecule has 170 valence electrons. The smallest absolute Gasteiger partial charge is 0.194 e. The number of aliphatic hydroxyl groups excluding tert-OH is 1. The van der Waals surface area contributed by atoms with Gasteiger partial charge < -0.3 is 20.1 Å². The molecule has 0 spiro atoms. The highest BCUT2D eigenvalue weighted by atomic mass is 127. The number of guanidine groups is 1. The van der Waals surface area contributed by atoms with Crippen molar-refractivity contribution in [1.82, 2.24) is 15.1 Å². The third-order valence-electron chi connectivity index (χ3n) is 5.88. The Bertz CT molecular complexity index is 633. The molecule has 1 aromatic rings. The van der Waals surface area contributed by atoms with E-state index in [0.717, 1.165) is 71.3 Å². The summed E-state index contributed by atoms with van der Waals surface area (Å²) in [5, 5.41) is 13.1. The lowest BCUT2D eigenvalue weighted by Crippen LogP contribution is -2.40. The van der Waals surface area contributed by atoms with E-state index in [2.05, 4.69) is 53.2 Å². The Morgan fingerprint density at radius 3 is 2.47 bits per heavy atom. The van der Waals surface area contributed by atoms with Crippen molar-refractivity contribution in [2.24, 2.45) is 10.9 Å². The van der Waals surface area contributed by atoms with Crippen LogP contribution in [0.25, 0.3) is 0 Å². The Balaban J connectivity index is 0.00000320. The van der Waals surface area contributed by atoms with Crippen LogP contribution in [0.4, 0.5) is 0 Å². The largest absolute Gasteiger partial charge is 0.393 e. The summed E-state index contributed by atoms with van der Waals surface area (Å²) in [7, 11) is 0. The van der Waals surface area contributed by atoms with Gasteiger partial charge in [-0.15, -0.1) is 24.0 Å². The topological polar surface area (TPSA) is 60.3 Å². The molecule has 3 rings (SSSR count). The predicted octanol–water partition coefficient (Wildman–Crippen LogP) is 3.09. The summed E-state index contributed by atoms with van der Waals surface area (Å²) in [5.41, 5.74) is 2.57. The molecule has 0 saturated carbocycles. The van der Waals surface area contributed by atoms with Crippen molar-refractivity contribution >= 4 is 29.9 Å². The predicted molar refractivity (Wildman–Crippen MR) is 133 cm³/mol. The quantitative estimate of drug-likeness (QED) is 0.308. The fourth-order valence-electron chi connectivity index (χ4n) is 4.12. The first kappa shape index (κ1) is 25.4. The highest BCUT2D eigenvalue weighted by Crippen LogP contribution is 2.18. The molecule has 0 radical (unpaired) electrons. The fraction of sp³-hybridized carbons (Fsp3) is 0.696. The highest BCUT2D eigenvalue weighted by Gasteiger charge is 2.24. The molecular formula is C23H39IN4O2. The molecule has 2 aliphatic heterocycles. The number of benzene rings is 1. The molecule has 1 aromatic carbocycles. The van der Waals surface area contributed by atoms with Gasteiger partial charge in [-0.2, -0.15) is 0 Å². The molecular weight excluding hydrogens is 491 g/mol. The van der Waals surface area contributed by atoms with Gasteiger partial charge in [-0.05, 0) is 44.2 Å². The van der Waals surface area contributed by atoms with Crippen LogP contribution in [0.3, 0.4) is 0 Å². The van der Waals surface area contributed by atoms with E-state index in [1.54, 1.807) is 0 Å². The molecule has 7 heteroatoms. The minimum Gasteiger partial charge on any atom is -0.393 e. The van der Waals surface area contributed by atoms with Crippen LogP contribution >= 0.6 is 24.0 Å². The molecule has 30 heavy (non-hydrogen) atoms. The molecule has 1 atom stereocenters. The zero-order valence-corrected chi connectivity index (χ0v) is 20.9. The number of aliphatic imine (C=N–C) groups is 1. The lowest BCUT2D eigenvalue weighted by molar-refractivity contribution is 0.0792. The molecule has 2 fully saturated rings. The highest BCUT2D eigenvalue weighted by molar-refractivity contribution is 14.0. The van der Waals surface area contributed by atoms with Crippen LogP contribution in [-0.2, 0) is 17.8 Å². The molecule has 1 unspecified atom stereocenters. The maximum absolute atomic E-state index is 9.65. The molecule has 0 amide bonds. The Labute approximate surface area is 199 Å². The van der Waals surface area contributed by atoms with E-state index in [1.165, 1.54) is 17.5 Å². The number of ether oxygens (including phenoxy) is 1. The lowest BCUT2D eigenvalue weighted by atomic mass is 10.1. The van der Waals surface area contributed by atoms with Crippen LogP contribution in [0.2, 0.25) is 0 Å². The van der Waals surface area contributed by atoms with Crippen LogP contribution in [0.15, 0.2) is 29.3 Å². The van der Waals surface area contributed by atoms with Crippen LogP contribution in [0.5, 0.6) is 0 Å². The molecule has 0 aliphatic carbocycles. The van der Waals surface area contributed by atoms with Gasteiger partial charge in [0.15, 0.2) is 5.96 Å². The third-order valence-corrected chi connectivity index (χ3v) is 5.88. The second-order valence-corrected chi connectivity index (χ2v) is 8.25. The van der Waals surface area contributed by atoms with Gasteiger partial charge in [-0.25, -0.2) is 4.99 Å². The summed E-state index contributed by atoms with van der Waals surface area (Å²) in [6.07, 6.45) is 2.85. The molecule has 2 N–H and O–H groups in total. The van der Waals surface area contributed by atoms with Crippen LogP contribution in [-0.4, -0.2) is 72.9 Å². The number of rotatable bonds is 8. The molecule has 0 bridgehead atoms. The number of hydrogen-bond acceptors (Lipinski definition) is 4. The average Bonchev–Trinajstić information content (AvgIpc) is 3.21. The van der Waals surface area contributed by atoms with Crippen molar-refractivity contribution < 1.29 is 9.84 Å². The number of hydrogen-bond donors (Lipinski definition) is 2. The minimum atomic E-state index is -0.109. The van der Waals surface area contributed by atoms with Crippen LogP contribution in [0, 0.1) is 5.92 Å². The monoisotopic (exact) mass is 530 g/mol. The van der Waals surface area contributed by atoms with Crippen molar-refractivity contribution in [2.75, 3.05) is 45.9 Å². The van der Waals surface area contributed by atoms with Gasteiger partial charge >= 0.3 is 0 Å². The van der Waals surface area contributed by atoms with Gasteiger partial charge in [-0.3, -0.25) is 4.90 Å². The van der Waals surface area contributed by atoms with Gasteiger partial charge in [-0.1, -0.05) is 24.3 Å². The number of aliphatic hydroxyl groups is 1. The summed E-state index contributed by atoms with van der Waals surface area (Å²) < 4.78 is 5.60. The van der Waals surface area contributed by atoms with Crippen molar-refractivity contribution in [3.8, 4) is 0 Å². The first-order chi connectivity index (χ1) is 14.2. The Morgan fingerprint density at radius 2 is 1.80 bits per heavy atom. The van der Waals surface area contributed by atoms with E-state index in [9.17, 15) is 5.11 Å². The number of halogens is 1. The molecule has 2 heterocycles. The van der Waals surface area contributed by atoms with E-state index in [-0.39, 0.29) is 30.1 Å². The molecule has 0 aromatic heterocycles. The summed E-state index contributed by atoms with van der Waals surface area (Å²) in [6, 6.07) is 8.83. The molecule has 2 saturated heterocycles. The van der Waals surface area contributed by atoms with Gasteiger partial charge in [0.05, 0.1) is 19.3 Å². The standard InChI is InChI=1S/C23H38N4O2.HI/c1-3-24-23(27-14-9-21(17-27)18-29-4-2)25-15-19-5-7-20(8-6-19)16-26-12-10-22(28)11-13-26;/h5-8,21-22,28H,3-4,9-18H2,1-2H3,(H,24,25);1H. The molecule has 6 nitrogen and oxygen atoms in total. The minimum absolute atomic E-state index is 0. The normalized spacial score (nSPS) is 21.0. The Morgan fingerprint density at radius 1 is 1.10 bits per heavy atom. The van der Waals surface area contributed by atoms with Crippen molar-refractivity contribution in [3.63, 3.8) is 0 Å². The fourth-order valence-corrected chi connectivity index (χ4v) is 4.12. The number of nitrogens with one attached hydrogen (secondary N) is 1. The average molecular weight is 530 g/mol. The SMILES string of the molecule is CCNC(=NCc1ccc(CN2CCC(O)CC2)cc1)N1CCC(COCC)C1.I. The van der Waals surface area contributed by atoms with Gasteiger partial charge in [0.25, 0.3) is 0 Å². The van der Waals surface area contributed by atoms with Gasteiger partial charge in [0, 0.05) is 51.8 Å². The van der Waals surface area contributed by atoms with Crippen molar-refractivity contribution in [3.05, 3.63) is 35.4 Å². The maximum Gasteiger partial charge on any atom is 0.194 e. The summed E-state index contributed by atoms with van der Waals surface area (Å²) >= 11 is 0. The molecule has 2 aliphatic rings. The van der Waals surface area contributed by atoms with E-state index in [1.807, 2.05) is 0 Å². The van der Waals surface area contributed by atoms with Crippen LogP contribution < -0.4 is 5.32 Å². The van der Waals surface area contributed by atoms with Crippen molar-refractivity contribution in [1.29, 1.82) is 0 Å². The second kappa shape index (κ2) is 13.5. The number of piperidine rings is 1. The zero-order chi connectivity index (χ0) is 20.5. The Hall–Kier alpha value is -0.900. The van der Waals surface area contributed by atoms with Crippen LogP contribution in [0.1, 0.15) is 44.2 Å². The number of nitrogens with zero attached hydrogens (tertiary/aromatic N) is 3. The van der Waals surface area contributed by atoms with E-state index in [4.69, 9.17) is 9.73 Å². The van der Waals surface area contributed by atoms with E-state index < -0.39 is 0 Å². The summed E-state index contributed by atoms with van der Waals surface area (Å²) in [6.45, 7) is 12.4. The van der Waals surface area contributed by atoms with E-state index >= 15 is 0 Å². The maximum atomic E-state index is 9.65. The van der Waals surface area contributed by atoms with Gasteiger partial charge in [0.1, 0.15) is 0 Å². The summed E-state index contributed by atoms with van der Waals surface area (Å²) in [5.74, 6) is 1.62. The lowest BCUT2D eigenvalue weighted by Gasteiger charge is -2.29.